The maximum atomic E-state index is 13.0. The summed E-state index contributed by atoms with van der Waals surface area (Å²) in [7, 11) is -4.76. The smallest absolute Gasteiger partial charge is 0.356 e. The molecule has 248 valence electrons. The number of hydrogen-bond donors (Lipinski definition) is 2. The van der Waals surface area contributed by atoms with Crippen LogP contribution in [-0.2, 0) is 38.9 Å². The number of ether oxygens (including phenoxy) is 2. The third kappa shape index (κ3) is 8.87. The summed E-state index contributed by atoms with van der Waals surface area (Å²) in [6, 6.07) is 8.34. The van der Waals surface area contributed by atoms with Crippen molar-refractivity contribution in [1.29, 1.82) is 0 Å². The lowest BCUT2D eigenvalue weighted by atomic mass is 10.3. The Labute approximate surface area is 266 Å². The van der Waals surface area contributed by atoms with E-state index in [-0.39, 0.29) is 34.3 Å². The summed E-state index contributed by atoms with van der Waals surface area (Å²) in [6.45, 7) is 1.79. The zero-order valence-electron chi connectivity index (χ0n) is 25.5. The largest absolute Gasteiger partial charge is 0.497 e. The number of hydroxylamine groups is 2. The van der Waals surface area contributed by atoms with Crippen molar-refractivity contribution in [1.82, 2.24) is 10.6 Å². The van der Waals surface area contributed by atoms with Crippen molar-refractivity contribution in [3.8, 4) is 11.5 Å². The first-order valence-corrected chi connectivity index (χ1v) is 17.5. The summed E-state index contributed by atoms with van der Waals surface area (Å²) in [5.74, 6) is -0.614. The Morgan fingerprint density at radius 2 is 1.13 bits per heavy atom. The lowest BCUT2D eigenvalue weighted by molar-refractivity contribution is -0.141. The second-order valence-electron chi connectivity index (χ2n) is 9.95. The van der Waals surface area contributed by atoms with Crippen molar-refractivity contribution in [3.05, 3.63) is 48.6 Å². The molecule has 0 saturated heterocycles. The van der Waals surface area contributed by atoms with Crippen LogP contribution < -0.4 is 30.2 Å². The fraction of sp³-hybridized carbons (Fsp3) is 0.357. The molecule has 0 saturated carbocycles. The number of methoxy groups -OCH3 is 2. The van der Waals surface area contributed by atoms with Crippen LogP contribution in [-0.4, -0.2) is 106 Å². The molecule has 0 unspecified atom stereocenters. The lowest BCUT2D eigenvalue weighted by Gasteiger charge is -2.25. The van der Waals surface area contributed by atoms with Gasteiger partial charge in [-0.05, 0) is 24.3 Å². The van der Waals surface area contributed by atoms with E-state index in [4.69, 9.17) is 19.1 Å². The predicted octanol–water partition coefficient (Wildman–Crippen LogP) is 0.300. The number of anilines is 2. The minimum atomic E-state index is -3.78. The molecular formula is C28H34N6O10S2. The molecule has 2 aromatic rings. The third-order valence-corrected chi connectivity index (χ3v) is 8.79. The van der Waals surface area contributed by atoms with Crippen LogP contribution in [0.4, 0.5) is 11.4 Å². The van der Waals surface area contributed by atoms with Crippen molar-refractivity contribution in [2.45, 2.75) is 9.79 Å². The van der Waals surface area contributed by atoms with Gasteiger partial charge in [-0.1, -0.05) is 0 Å². The predicted molar refractivity (Wildman–Crippen MR) is 169 cm³/mol. The molecule has 0 bridgehead atoms. The van der Waals surface area contributed by atoms with Crippen LogP contribution in [0.2, 0.25) is 0 Å². The van der Waals surface area contributed by atoms with Crippen molar-refractivity contribution >= 4 is 54.7 Å². The zero-order valence-corrected chi connectivity index (χ0v) is 27.2. The first kappa shape index (κ1) is 34.0. The van der Waals surface area contributed by atoms with Gasteiger partial charge in [-0.15, -0.1) is 0 Å². The zero-order chi connectivity index (χ0) is 33.5. The van der Waals surface area contributed by atoms with Crippen LogP contribution in [0.3, 0.4) is 0 Å². The average molecular weight is 679 g/mol. The maximum absolute atomic E-state index is 13.0. The van der Waals surface area contributed by atoms with Crippen LogP contribution in [0.25, 0.3) is 0 Å². The van der Waals surface area contributed by atoms with E-state index < -0.39 is 31.6 Å². The summed E-state index contributed by atoms with van der Waals surface area (Å²) in [5.41, 5.74) is 0.00911. The summed E-state index contributed by atoms with van der Waals surface area (Å²) >= 11 is 0. The van der Waals surface area contributed by atoms with Crippen molar-refractivity contribution < 1.29 is 45.6 Å². The molecule has 2 aliphatic rings. The van der Waals surface area contributed by atoms with Gasteiger partial charge >= 0.3 is 11.9 Å². The van der Waals surface area contributed by atoms with E-state index in [2.05, 4.69) is 20.6 Å². The molecule has 0 radical (unpaired) electrons. The number of rotatable bonds is 14. The fourth-order valence-corrected chi connectivity index (χ4v) is 6.10. The number of sulfone groups is 2. The van der Waals surface area contributed by atoms with E-state index in [0.717, 1.165) is 34.8 Å². The molecule has 2 aromatic carbocycles. The molecule has 0 fully saturated rings. The summed E-state index contributed by atoms with van der Waals surface area (Å²) in [5, 5.41) is 8.11. The Morgan fingerprint density at radius 3 is 1.43 bits per heavy atom. The second-order valence-corrected chi connectivity index (χ2v) is 13.9. The van der Waals surface area contributed by atoms with Gasteiger partial charge in [0.15, 0.2) is 19.7 Å². The molecule has 0 aromatic heterocycles. The second kappa shape index (κ2) is 14.5. The van der Waals surface area contributed by atoms with Crippen molar-refractivity contribution in [2.75, 3.05) is 76.1 Å². The number of benzene rings is 2. The molecule has 16 nitrogen and oxygen atoms in total. The van der Waals surface area contributed by atoms with Crippen LogP contribution >= 0.6 is 0 Å². The number of hydrogen-bond acceptors (Lipinski definition) is 16. The molecule has 2 aliphatic heterocycles. The highest BCUT2D eigenvalue weighted by atomic mass is 32.2. The Morgan fingerprint density at radius 1 is 0.739 bits per heavy atom. The molecular weight excluding hydrogens is 644 g/mol. The van der Waals surface area contributed by atoms with Crippen molar-refractivity contribution in [2.24, 2.45) is 9.98 Å². The van der Waals surface area contributed by atoms with Gasteiger partial charge in [0.05, 0.1) is 48.5 Å². The lowest BCUT2D eigenvalue weighted by Crippen LogP contribution is -2.38. The van der Waals surface area contributed by atoms with Gasteiger partial charge in [-0.2, -0.15) is 10.1 Å². The van der Waals surface area contributed by atoms with E-state index in [0.29, 0.717) is 49.3 Å². The van der Waals surface area contributed by atoms with E-state index in [1.54, 1.807) is 0 Å². The first-order valence-electron chi connectivity index (χ1n) is 13.8. The van der Waals surface area contributed by atoms with Crippen LogP contribution in [0.5, 0.6) is 11.5 Å². The first-order chi connectivity index (χ1) is 21.8. The molecule has 0 atom stereocenters. The SMILES string of the molecule is COc1ccc(S(C)(=O)=O)c(N(CC2=NCCN2)OC(=O)/C=C/C(=O)ON(CC2=NCCN2)c2cc(OC)ccc2S(C)(=O)=O)c1. The summed E-state index contributed by atoms with van der Waals surface area (Å²) in [6.07, 6.45) is 3.59. The van der Waals surface area contributed by atoms with E-state index >= 15 is 0 Å². The Bertz CT molecular complexity index is 1660. The van der Waals surface area contributed by atoms with Crippen molar-refractivity contribution in [3.63, 3.8) is 0 Å². The molecule has 18 heteroatoms. The minimum absolute atomic E-state index is 0.00455. The number of amidine groups is 2. The molecule has 0 aliphatic carbocycles. The summed E-state index contributed by atoms with van der Waals surface area (Å²) < 4.78 is 60.8. The molecule has 46 heavy (non-hydrogen) atoms. The molecule has 2 N–H and O–H groups in total. The standard InChI is InChI=1S/C28H34N6O10S2/c1-41-19-5-7-23(45(3,37)38)21(15-19)33(17-25-29-11-12-30-25)43-27(35)9-10-28(36)44-34(18-26-31-13-14-32-26)22-16-20(42-2)6-8-24(22)46(4,39)40/h5-10,15-16H,11-14,17-18H2,1-4H3,(H,29,30)(H,31,32)/b10-9+. The van der Waals surface area contributed by atoms with Gasteiger partial charge in [-0.25, -0.2) is 26.4 Å². The topological polar surface area (TPSA) is 195 Å². The number of carbonyl (C=O) groups excluding carboxylic acids is 2. The van der Waals surface area contributed by atoms with Crippen LogP contribution in [0.15, 0.2) is 68.3 Å². The Balaban J connectivity index is 1.60. The van der Waals surface area contributed by atoms with Gasteiger partial charge in [0.25, 0.3) is 0 Å². The summed E-state index contributed by atoms with van der Waals surface area (Å²) in [4.78, 5) is 45.3. The van der Waals surface area contributed by atoms with Gasteiger partial charge in [0, 0.05) is 49.9 Å². The highest BCUT2D eigenvalue weighted by Gasteiger charge is 2.26. The number of aliphatic imine (C=N–C) groups is 2. The number of carbonyl (C=O) groups is 2. The molecule has 0 amide bonds. The molecule has 4 rings (SSSR count). The monoisotopic (exact) mass is 678 g/mol. The normalized spacial score (nSPS) is 14.5. The maximum Gasteiger partial charge on any atom is 0.356 e. The fourth-order valence-electron chi connectivity index (χ4n) is 4.39. The van der Waals surface area contributed by atoms with Gasteiger partial charge < -0.3 is 29.8 Å². The number of nitrogens with zero attached hydrogens (tertiary/aromatic N) is 4. The van der Waals surface area contributed by atoms with Crippen LogP contribution in [0.1, 0.15) is 0 Å². The molecule has 2 heterocycles. The van der Waals surface area contributed by atoms with E-state index in [9.17, 15) is 26.4 Å². The Hall–Kier alpha value is -4.84. The Kier molecular flexibility index (Phi) is 10.7. The molecule has 0 spiro atoms. The third-order valence-electron chi connectivity index (χ3n) is 6.50. The van der Waals surface area contributed by atoms with Gasteiger partial charge in [-0.3, -0.25) is 9.98 Å². The van der Waals surface area contributed by atoms with Gasteiger partial charge in [0.1, 0.15) is 36.3 Å². The van der Waals surface area contributed by atoms with E-state index in [1.165, 1.54) is 50.6 Å². The van der Waals surface area contributed by atoms with Gasteiger partial charge in [0.2, 0.25) is 0 Å². The van der Waals surface area contributed by atoms with Crippen LogP contribution in [0, 0.1) is 0 Å². The number of nitrogens with one attached hydrogen (secondary N) is 2. The highest BCUT2D eigenvalue weighted by Crippen LogP contribution is 2.32. The quantitative estimate of drug-likeness (QED) is 0.205. The highest BCUT2D eigenvalue weighted by molar-refractivity contribution is 7.91. The average Bonchev–Trinajstić information content (AvgIpc) is 3.72. The van der Waals surface area contributed by atoms with E-state index in [1.807, 2.05) is 0 Å². The minimum Gasteiger partial charge on any atom is -0.497 e.